The van der Waals surface area contributed by atoms with Gasteiger partial charge in [-0.2, -0.15) is 8.78 Å². The van der Waals surface area contributed by atoms with E-state index in [0.29, 0.717) is 10.2 Å². The highest BCUT2D eigenvalue weighted by atomic mass is 32.1. The number of rotatable bonds is 3. The number of aromatic nitrogens is 2. The maximum atomic E-state index is 14.0. The Balaban J connectivity index is 2.16. The van der Waals surface area contributed by atoms with Gasteiger partial charge in [0, 0.05) is 11.6 Å². The molecular formula is C13H6F3N3O3S. The van der Waals surface area contributed by atoms with Crippen LogP contribution in [0.4, 0.5) is 18.9 Å². The van der Waals surface area contributed by atoms with E-state index in [9.17, 15) is 23.3 Å². The van der Waals surface area contributed by atoms with Crippen LogP contribution in [0.15, 0.2) is 18.2 Å². The highest BCUT2D eigenvalue weighted by Gasteiger charge is 2.32. The number of hydrogen-bond donors (Lipinski definition) is 0. The molecule has 2 aromatic carbocycles. The molecule has 0 fully saturated rings. The van der Waals surface area contributed by atoms with Gasteiger partial charge in [-0.25, -0.2) is 4.39 Å². The van der Waals surface area contributed by atoms with Crippen molar-refractivity contribution in [3.8, 4) is 11.5 Å². The minimum absolute atomic E-state index is 0.0341. The van der Waals surface area contributed by atoms with Crippen molar-refractivity contribution in [1.82, 2.24) is 9.59 Å². The molecule has 23 heavy (non-hydrogen) atoms. The predicted molar refractivity (Wildman–Crippen MR) is 75.2 cm³/mol. The van der Waals surface area contributed by atoms with Gasteiger partial charge >= 0.3 is 5.69 Å². The van der Waals surface area contributed by atoms with Crippen molar-refractivity contribution in [3.63, 3.8) is 0 Å². The van der Waals surface area contributed by atoms with Crippen molar-refractivity contribution in [1.29, 1.82) is 0 Å². The van der Waals surface area contributed by atoms with Crippen LogP contribution in [0.25, 0.3) is 10.2 Å². The second-order valence-electron chi connectivity index (χ2n) is 4.51. The number of nitrogens with zero attached hydrogens (tertiary/aromatic N) is 3. The smallest absolute Gasteiger partial charge is 0.350 e. The summed E-state index contributed by atoms with van der Waals surface area (Å²) in [6, 6.07) is 4.21. The number of hydrogen-bond acceptors (Lipinski definition) is 6. The average molecular weight is 341 g/mol. The summed E-state index contributed by atoms with van der Waals surface area (Å²) in [5.41, 5.74) is -1.51. The van der Waals surface area contributed by atoms with Crippen LogP contribution >= 0.6 is 11.5 Å². The molecule has 1 aromatic heterocycles. The lowest BCUT2D eigenvalue weighted by Gasteiger charge is -2.10. The van der Waals surface area contributed by atoms with Crippen LogP contribution < -0.4 is 4.74 Å². The van der Waals surface area contributed by atoms with Crippen molar-refractivity contribution < 1.29 is 22.8 Å². The summed E-state index contributed by atoms with van der Waals surface area (Å²) in [6.07, 6.45) is 0. The van der Waals surface area contributed by atoms with Crippen molar-refractivity contribution in [2.24, 2.45) is 0 Å². The second-order valence-corrected chi connectivity index (χ2v) is 5.29. The van der Waals surface area contributed by atoms with Gasteiger partial charge in [-0.15, -0.1) is 5.10 Å². The first-order valence-corrected chi connectivity index (χ1v) is 6.89. The van der Waals surface area contributed by atoms with Crippen LogP contribution in [0.2, 0.25) is 0 Å². The topological polar surface area (TPSA) is 78.2 Å². The summed E-state index contributed by atoms with van der Waals surface area (Å²) >= 11 is 1.02. The fraction of sp³-hybridized carbons (Fsp3) is 0.0769. The first-order valence-electron chi connectivity index (χ1n) is 6.11. The van der Waals surface area contributed by atoms with Crippen LogP contribution in [-0.4, -0.2) is 14.5 Å². The molecule has 0 spiro atoms. The van der Waals surface area contributed by atoms with E-state index in [0.717, 1.165) is 18.5 Å². The quantitative estimate of drug-likeness (QED) is 0.407. The maximum Gasteiger partial charge on any atom is 0.350 e. The van der Waals surface area contributed by atoms with Crippen LogP contribution in [-0.2, 0) is 0 Å². The Morgan fingerprint density at radius 1 is 1.22 bits per heavy atom. The number of nitro groups is 1. The van der Waals surface area contributed by atoms with Gasteiger partial charge in [-0.3, -0.25) is 10.1 Å². The Morgan fingerprint density at radius 2 is 1.96 bits per heavy atom. The zero-order chi connectivity index (χ0) is 16.7. The molecule has 0 unspecified atom stereocenters. The van der Waals surface area contributed by atoms with Gasteiger partial charge in [0.05, 0.1) is 9.62 Å². The Bertz CT molecular complexity index is 945. The van der Waals surface area contributed by atoms with Crippen molar-refractivity contribution >= 4 is 27.4 Å². The molecule has 0 amide bonds. The van der Waals surface area contributed by atoms with Crippen molar-refractivity contribution in [3.05, 3.63) is 51.3 Å². The highest BCUT2D eigenvalue weighted by Crippen LogP contribution is 2.40. The summed E-state index contributed by atoms with van der Waals surface area (Å²) in [5, 5.41) is 14.8. The average Bonchev–Trinajstić information content (AvgIpc) is 2.98. The Labute approximate surface area is 130 Å². The molecule has 118 valence electrons. The molecule has 0 saturated heterocycles. The molecular weight excluding hydrogens is 335 g/mol. The van der Waals surface area contributed by atoms with Gasteiger partial charge in [-0.1, -0.05) is 4.49 Å². The zero-order valence-electron chi connectivity index (χ0n) is 11.3. The van der Waals surface area contributed by atoms with E-state index < -0.39 is 39.4 Å². The van der Waals surface area contributed by atoms with E-state index in [1.807, 2.05) is 0 Å². The summed E-state index contributed by atoms with van der Waals surface area (Å²) < 4.78 is 50.9. The molecule has 10 heteroatoms. The van der Waals surface area contributed by atoms with Crippen LogP contribution in [0.1, 0.15) is 5.56 Å². The maximum absolute atomic E-state index is 14.0. The largest absolute Gasteiger partial charge is 0.447 e. The third kappa shape index (κ3) is 2.46. The lowest BCUT2D eigenvalue weighted by Crippen LogP contribution is -2.05. The number of benzene rings is 2. The molecule has 3 rings (SSSR count). The summed E-state index contributed by atoms with van der Waals surface area (Å²) in [7, 11) is 0. The molecule has 3 aromatic rings. The van der Waals surface area contributed by atoms with Crippen molar-refractivity contribution in [2.75, 3.05) is 0 Å². The van der Waals surface area contributed by atoms with Gasteiger partial charge in [0.25, 0.3) is 0 Å². The molecule has 1 heterocycles. The molecule has 0 bridgehead atoms. The normalized spacial score (nSPS) is 11.0. The van der Waals surface area contributed by atoms with E-state index in [2.05, 4.69) is 9.59 Å². The molecule has 0 atom stereocenters. The van der Waals surface area contributed by atoms with Gasteiger partial charge < -0.3 is 4.74 Å². The lowest BCUT2D eigenvalue weighted by molar-refractivity contribution is -0.388. The van der Waals surface area contributed by atoms with E-state index in [-0.39, 0.29) is 5.75 Å². The Morgan fingerprint density at radius 3 is 2.65 bits per heavy atom. The van der Waals surface area contributed by atoms with Crippen LogP contribution in [0, 0.1) is 34.5 Å². The summed E-state index contributed by atoms with van der Waals surface area (Å²) in [6.45, 7) is 0.902. The van der Waals surface area contributed by atoms with Crippen molar-refractivity contribution in [2.45, 2.75) is 6.92 Å². The molecule has 0 saturated carbocycles. The van der Waals surface area contributed by atoms with Crippen LogP contribution in [0.3, 0.4) is 0 Å². The zero-order valence-corrected chi connectivity index (χ0v) is 12.2. The van der Waals surface area contributed by atoms with Gasteiger partial charge in [0.1, 0.15) is 11.3 Å². The lowest BCUT2D eigenvalue weighted by atomic mass is 10.1. The van der Waals surface area contributed by atoms with E-state index in [4.69, 9.17) is 4.74 Å². The summed E-state index contributed by atoms with van der Waals surface area (Å²) in [5.74, 6) is -5.80. The first-order chi connectivity index (χ1) is 10.9. The summed E-state index contributed by atoms with van der Waals surface area (Å²) in [4.78, 5) is 9.84. The van der Waals surface area contributed by atoms with Crippen LogP contribution in [0.5, 0.6) is 11.5 Å². The third-order valence-corrected chi connectivity index (χ3v) is 3.78. The standard InChI is InChI=1S/C13H6F3N3O3S/c1-5-9(14)11(16)13(12(10(5)15)19(20)21)22-6-2-3-7-8(4-6)23-18-17-7/h2-4H,1H3. The van der Waals surface area contributed by atoms with Gasteiger partial charge in [0.15, 0.2) is 5.82 Å². The molecule has 0 aliphatic heterocycles. The molecule has 0 aliphatic rings. The minimum atomic E-state index is -1.63. The molecule has 6 nitrogen and oxygen atoms in total. The highest BCUT2D eigenvalue weighted by molar-refractivity contribution is 7.12. The number of fused-ring (bicyclic) bond motifs is 1. The van der Waals surface area contributed by atoms with E-state index in [1.54, 1.807) is 0 Å². The first kappa shape index (κ1) is 15.2. The number of halogens is 3. The fourth-order valence-electron chi connectivity index (χ4n) is 1.94. The molecule has 0 radical (unpaired) electrons. The Hall–Kier alpha value is -2.75. The minimum Gasteiger partial charge on any atom is -0.447 e. The number of nitro benzene ring substituents is 1. The SMILES string of the molecule is Cc1c(F)c(F)c(Oc2ccc3nnsc3c2)c([N+](=O)[O-])c1F. The predicted octanol–water partition coefficient (Wildman–Crippen LogP) is 4.12. The van der Waals surface area contributed by atoms with Gasteiger partial charge in [0.2, 0.25) is 17.4 Å². The van der Waals surface area contributed by atoms with E-state index in [1.165, 1.54) is 18.2 Å². The van der Waals surface area contributed by atoms with E-state index >= 15 is 0 Å². The number of ether oxygens (including phenoxy) is 1. The third-order valence-electron chi connectivity index (χ3n) is 3.10. The monoisotopic (exact) mass is 341 g/mol. The molecule has 0 aliphatic carbocycles. The van der Waals surface area contributed by atoms with Gasteiger partial charge in [-0.05, 0) is 30.6 Å². The second kappa shape index (κ2) is 5.47. The molecule has 0 N–H and O–H groups in total. The Kier molecular flexibility index (Phi) is 3.60. The fourth-order valence-corrected chi connectivity index (χ4v) is 2.53.